The lowest BCUT2D eigenvalue weighted by Crippen LogP contribution is -2.14. The van der Waals surface area contributed by atoms with E-state index < -0.39 is 6.10 Å². The van der Waals surface area contributed by atoms with Crippen LogP contribution in [0, 0.1) is 0 Å². The molecule has 0 aliphatic carbocycles. The fourth-order valence-electron chi connectivity index (χ4n) is 2.12. The first-order chi connectivity index (χ1) is 9.72. The highest BCUT2D eigenvalue weighted by Crippen LogP contribution is 2.20. The minimum atomic E-state index is -0.471. The molecule has 0 saturated heterocycles. The summed E-state index contributed by atoms with van der Waals surface area (Å²) < 4.78 is 10.3. The number of aliphatic hydroxyl groups is 1. The molecule has 0 aliphatic rings. The van der Waals surface area contributed by atoms with E-state index in [-0.39, 0.29) is 0 Å². The molecule has 0 bridgehead atoms. The summed E-state index contributed by atoms with van der Waals surface area (Å²) in [6, 6.07) is 11.4. The summed E-state index contributed by atoms with van der Waals surface area (Å²) in [4.78, 5) is 4.13. The molecule has 2 rings (SSSR count). The first-order valence-electron chi connectivity index (χ1n) is 6.52. The maximum atomic E-state index is 10.2. The molecule has 0 aliphatic heterocycles. The highest BCUT2D eigenvalue weighted by atomic mass is 16.5. The molecule has 106 valence electrons. The number of pyridine rings is 1. The second-order valence-electron chi connectivity index (χ2n) is 4.58. The van der Waals surface area contributed by atoms with Crippen molar-refractivity contribution in [1.82, 2.24) is 4.98 Å². The van der Waals surface area contributed by atoms with Gasteiger partial charge in [-0.15, -0.1) is 0 Å². The SMILES string of the molecule is COc1ccc(CC(O)Cc2ccccc2OC)cn1. The van der Waals surface area contributed by atoms with Gasteiger partial charge in [-0.2, -0.15) is 0 Å². The van der Waals surface area contributed by atoms with Crippen molar-refractivity contribution in [2.75, 3.05) is 14.2 Å². The van der Waals surface area contributed by atoms with E-state index in [0.29, 0.717) is 18.7 Å². The minimum Gasteiger partial charge on any atom is -0.496 e. The molecule has 0 amide bonds. The Hall–Kier alpha value is -2.07. The number of nitrogens with zero attached hydrogens (tertiary/aromatic N) is 1. The predicted octanol–water partition coefficient (Wildman–Crippen LogP) is 2.24. The van der Waals surface area contributed by atoms with Crippen molar-refractivity contribution in [3.05, 3.63) is 53.7 Å². The predicted molar refractivity (Wildman–Crippen MR) is 77.2 cm³/mol. The Morgan fingerprint density at radius 1 is 1.05 bits per heavy atom. The lowest BCUT2D eigenvalue weighted by atomic mass is 10.0. The zero-order valence-corrected chi connectivity index (χ0v) is 11.7. The summed E-state index contributed by atoms with van der Waals surface area (Å²) in [6.07, 6.45) is 2.36. The zero-order chi connectivity index (χ0) is 14.4. The van der Waals surface area contributed by atoms with E-state index in [1.165, 1.54) is 0 Å². The number of benzene rings is 1. The van der Waals surface area contributed by atoms with Gasteiger partial charge in [0.15, 0.2) is 0 Å². The number of ether oxygens (including phenoxy) is 2. The van der Waals surface area contributed by atoms with E-state index in [4.69, 9.17) is 9.47 Å². The van der Waals surface area contributed by atoms with Crippen LogP contribution in [0.25, 0.3) is 0 Å². The van der Waals surface area contributed by atoms with E-state index in [1.807, 2.05) is 30.3 Å². The maximum Gasteiger partial charge on any atom is 0.212 e. The highest BCUT2D eigenvalue weighted by Gasteiger charge is 2.10. The Labute approximate surface area is 119 Å². The third-order valence-electron chi connectivity index (χ3n) is 3.13. The largest absolute Gasteiger partial charge is 0.496 e. The Kier molecular flexibility index (Phi) is 4.96. The summed E-state index contributed by atoms with van der Waals surface area (Å²) in [7, 11) is 3.22. The number of methoxy groups -OCH3 is 2. The molecule has 1 N–H and O–H groups in total. The molecule has 20 heavy (non-hydrogen) atoms. The van der Waals surface area contributed by atoms with Gasteiger partial charge in [0, 0.05) is 25.1 Å². The summed E-state index contributed by atoms with van der Waals surface area (Å²) >= 11 is 0. The number of aliphatic hydroxyl groups excluding tert-OH is 1. The Balaban J connectivity index is 1.99. The van der Waals surface area contributed by atoms with Gasteiger partial charge in [0.2, 0.25) is 5.88 Å². The van der Waals surface area contributed by atoms with Gasteiger partial charge < -0.3 is 14.6 Å². The Morgan fingerprint density at radius 3 is 2.50 bits per heavy atom. The van der Waals surface area contributed by atoms with Crippen LogP contribution >= 0.6 is 0 Å². The summed E-state index contributed by atoms with van der Waals surface area (Å²) in [6.45, 7) is 0. The van der Waals surface area contributed by atoms with Gasteiger partial charge in [0.25, 0.3) is 0 Å². The normalized spacial score (nSPS) is 11.9. The number of aromatic nitrogens is 1. The monoisotopic (exact) mass is 273 g/mol. The van der Waals surface area contributed by atoms with Crippen molar-refractivity contribution >= 4 is 0 Å². The standard InChI is InChI=1S/C16H19NO3/c1-19-15-6-4-3-5-13(15)10-14(18)9-12-7-8-16(20-2)17-11-12/h3-8,11,14,18H,9-10H2,1-2H3. The number of hydrogen-bond acceptors (Lipinski definition) is 4. The van der Waals surface area contributed by atoms with Crippen molar-refractivity contribution in [3.8, 4) is 11.6 Å². The lowest BCUT2D eigenvalue weighted by Gasteiger charge is -2.13. The van der Waals surface area contributed by atoms with Crippen LogP contribution in [0.1, 0.15) is 11.1 Å². The molecule has 0 saturated carbocycles. The van der Waals surface area contributed by atoms with Crippen LogP contribution in [0.4, 0.5) is 0 Å². The molecule has 1 heterocycles. The zero-order valence-electron chi connectivity index (χ0n) is 11.7. The van der Waals surface area contributed by atoms with Gasteiger partial charge in [-0.25, -0.2) is 4.98 Å². The average Bonchev–Trinajstić information content (AvgIpc) is 2.48. The molecule has 4 heteroatoms. The third kappa shape index (κ3) is 3.71. The van der Waals surface area contributed by atoms with Crippen LogP contribution < -0.4 is 9.47 Å². The molecule has 4 nitrogen and oxygen atoms in total. The van der Waals surface area contributed by atoms with E-state index in [2.05, 4.69) is 4.98 Å². The second-order valence-corrected chi connectivity index (χ2v) is 4.58. The number of para-hydroxylation sites is 1. The molecule has 0 fully saturated rings. The van der Waals surface area contributed by atoms with Crippen molar-refractivity contribution < 1.29 is 14.6 Å². The van der Waals surface area contributed by atoms with Crippen LogP contribution in [0.2, 0.25) is 0 Å². The first kappa shape index (κ1) is 14.3. The minimum absolute atomic E-state index is 0.471. The van der Waals surface area contributed by atoms with E-state index in [0.717, 1.165) is 16.9 Å². The topological polar surface area (TPSA) is 51.6 Å². The molecule has 1 unspecified atom stereocenters. The highest BCUT2D eigenvalue weighted by molar-refractivity contribution is 5.34. The molecule has 1 aromatic heterocycles. The smallest absolute Gasteiger partial charge is 0.212 e. The van der Waals surface area contributed by atoms with Gasteiger partial charge in [-0.05, 0) is 17.2 Å². The van der Waals surface area contributed by atoms with E-state index in [9.17, 15) is 5.11 Å². The fourth-order valence-corrected chi connectivity index (χ4v) is 2.12. The van der Waals surface area contributed by atoms with Crippen LogP contribution in [0.3, 0.4) is 0 Å². The maximum absolute atomic E-state index is 10.2. The summed E-state index contributed by atoms with van der Waals surface area (Å²) in [5, 5.41) is 10.2. The second kappa shape index (κ2) is 6.91. The average molecular weight is 273 g/mol. The van der Waals surface area contributed by atoms with Gasteiger partial charge in [-0.1, -0.05) is 24.3 Å². The lowest BCUT2D eigenvalue weighted by molar-refractivity contribution is 0.174. The fraction of sp³-hybridized carbons (Fsp3) is 0.312. The van der Waals surface area contributed by atoms with Crippen molar-refractivity contribution in [3.63, 3.8) is 0 Å². The van der Waals surface area contributed by atoms with Gasteiger partial charge in [0.05, 0.1) is 20.3 Å². The molecular formula is C16H19NO3. The Bertz CT molecular complexity index is 540. The molecule has 2 aromatic rings. The van der Waals surface area contributed by atoms with Crippen molar-refractivity contribution in [1.29, 1.82) is 0 Å². The van der Waals surface area contributed by atoms with Gasteiger partial charge >= 0.3 is 0 Å². The van der Waals surface area contributed by atoms with Gasteiger partial charge in [-0.3, -0.25) is 0 Å². The number of rotatable bonds is 6. The van der Waals surface area contributed by atoms with Crippen molar-refractivity contribution in [2.24, 2.45) is 0 Å². The number of hydrogen-bond donors (Lipinski definition) is 1. The van der Waals surface area contributed by atoms with E-state index in [1.54, 1.807) is 26.5 Å². The molecule has 0 radical (unpaired) electrons. The van der Waals surface area contributed by atoms with Gasteiger partial charge in [0.1, 0.15) is 5.75 Å². The molecule has 1 atom stereocenters. The van der Waals surface area contributed by atoms with Crippen molar-refractivity contribution in [2.45, 2.75) is 18.9 Å². The van der Waals surface area contributed by atoms with Crippen LogP contribution in [-0.4, -0.2) is 30.4 Å². The third-order valence-corrected chi connectivity index (χ3v) is 3.13. The van der Waals surface area contributed by atoms with Crippen LogP contribution in [0.5, 0.6) is 11.6 Å². The molecule has 1 aromatic carbocycles. The summed E-state index contributed by atoms with van der Waals surface area (Å²) in [5.41, 5.74) is 1.98. The Morgan fingerprint density at radius 2 is 1.85 bits per heavy atom. The quantitative estimate of drug-likeness (QED) is 0.877. The van der Waals surface area contributed by atoms with E-state index >= 15 is 0 Å². The summed E-state index contributed by atoms with van der Waals surface area (Å²) in [5.74, 6) is 1.38. The first-order valence-corrected chi connectivity index (χ1v) is 6.52. The van der Waals surface area contributed by atoms with Crippen LogP contribution in [0.15, 0.2) is 42.6 Å². The van der Waals surface area contributed by atoms with Crippen LogP contribution in [-0.2, 0) is 12.8 Å². The molecular weight excluding hydrogens is 254 g/mol. The molecule has 0 spiro atoms.